The summed E-state index contributed by atoms with van der Waals surface area (Å²) in [5, 5.41) is 7.29. The second kappa shape index (κ2) is 10.0. The number of hydrogen-bond acceptors (Lipinski definition) is 3. The fourth-order valence-corrected chi connectivity index (χ4v) is 2.83. The zero-order valence-electron chi connectivity index (χ0n) is 15.2. The van der Waals surface area contributed by atoms with E-state index >= 15 is 0 Å². The van der Waals surface area contributed by atoms with Crippen molar-refractivity contribution in [2.24, 2.45) is 0 Å². The van der Waals surface area contributed by atoms with E-state index in [0.29, 0.717) is 5.11 Å². The average molecular weight is 358 g/mol. The van der Waals surface area contributed by atoms with Crippen LogP contribution >= 0.6 is 12.2 Å². The molecule has 0 saturated carbocycles. The minimum absolute atomic E-state index is 0.236. The third-order valence-corrected chi connectivity index (χ3v) is 4.41. The molecule has 0 aromatic heterocycles. The number of likely N-dealkylation sites (N-methyl/N-ethyl adjacent to an activating group) is 1. The van der Waals surface area contributed by atoms with Crippen molar-refractivity contribution in [3.63, 3.8) is 0 Å². The molecular formula is C20H27N3OS. The van der Waals surface area contributed by atoms with Gasteiger partial charge in [0.15, 0.2) is 5.11 Å². The topological polar surface area (TPSA) is 36.5 Å². The number of hydrogen-bond donors (Lipinski definition) is 2. The molecule has 0 radical (unpaired) electrons. The van der Waals surface area contributed by atoms with E-state index in [0.717, 1.165) is 25.3 Å². The van der Waals surface area contributed by atoms with Crippen molar-refractivity contribution < 1.29 is 4.74 Å². The molecule has 0 fully saturated rings. The number of ether oxygens (including phenoxy) is 1. The normalized spacial score (nSPS) is 11.8. The monoisotopic (exact) mass is 357 g/mol. The number of rotatable bonds is 8. The maximum absolute atomic E-state index is 5.40. The van der Waals surface area contributed by atoms with Gasteiger partial charge in [-0.2, -0.15) is 0 Å². The lowest BCUT2D eigenvalue weighted by Crippen LogP contribution is -2.41. The van der Waals surface area contributed by atoms with E-state index < -0.39 is 0 Å². The molecule has 5 heteroatoms. The smallest absolute Gasteiger partial charge is 0.166 e. The van der Waals surface area contributed by atoms with Crippen molar-refractivity contribution in [3.8, 4) is 5.75 Å². The number of nitrogens with one attached hydrogen (secondary N) is 2. The van der Waals surface area contributed by atoms with E-state index in [1.807, 2.05) is 18.2 Å². The fourth-order valence-electron chi connectivity index (χ4n) is 2.64. The van der Waals surface area contributed by atoms with Gasteiger partial charge in [-0.3, -0.25) is 0 Å². The molecule has 0 unspecified atom stereocenters. The van der Waals surface area contributed by atoms with Gasteiger partial charge in [0.1, 0.15) is 5.75 Å². The van der Waals surface area contributed by atoms with Gasteiger partial charge in [0.05, 0.1) is 13.2 Å². The molecular weight excluding hydrogens is 330 g/mol. The summed E-state index contributed by atoms with van der Waals surface area (Å²) in [6.07, 6.45) is 0.957. The molecule has 2 rings (SSSR count). The van der Waals surface area contributed by atoms with E-state index in [1.165, 1.54) is 11.1 Å². The van der Waals surface area contributed by atoms with Crippen LogP contribution in [0, 0.1) is 0 Å². The Kier molecular flexibility index (Phi) is 7.70. The molecule has 25 heavy (non-hydrogen) atoms. The Morgan fingerprint density at radius 1 is 1.04 bits per heavy atom. The van der Waals surface area contributed by atoms with Crippen molar-refractivity contribution >= 4 is 17.3 Å². The van der Waals surface area contributed by atoms with Crippen LogP contribution in [0.1, 0.15) is 17.2 Å². The molecule has 0 aliphatic carbocycles. The summed E-state index contributed by atoms with van der Waals surface area (Å²) in [5.74, 6) is 0.868. The van der Waals surface area contributed by atoms with Crippen molar-refractivity contribution in [2.75, 3.05) is 34.3 Å². The van der Waals surface area contributed by atoms with Crippen molar-refractivity contribution in [2.45, 2.75) is 12.5 Å². The second-order valence-corrected chi connectivity index (χ2v) is 6.53. The molecule has 0 aliphatic heterocycles. The highest BCUT2D eigenvalue weighted by atomic mass is 32.1. The molecule has 0 amide bonds. The summed E-state index contributed by atoms with van der Waals surface area (Å²) in [6.45, 7) is 1.57. The van der Waals surface area contributed by atoms with Crippen LogP contribution in [0.15, 0.2) is 54.6 Å². The van der Waals surface area contributed by atoms with Gasteiger partial charge in [-0.1, -0.05) is 42.5 Å². The van der Waals surface area contributed by atoms with E-state index in [9.17, 15) is 0 Å². The number of nitrogens with zero attached hydrogens (tertiary/aromatic N) is 1. The van der Waals surface area contributed by atoms with E-state index in [2.05, 4.69) is 66.0 Å². The third-order valence-electron chi connectivity index (χ3n) is 4.12. The predicted octanol–water partition coefficient (Wildman–Crippen LogP) is 3.00. The van der Waals surface area contributed by atoms with Gasteiger partial charge in [-0.05, 0) is 56.0 Å². The standard InChI is InChI=1S/C20H27N3OS/c1-23(2)19(17-9-11-18(24-3)12-10-17)15-22-20(25)21-14-13-16-7-5-4-6-8-16/h4-12,19H,13-15H2,1-3H3,(H2,21,22,25)/t19-/m1/s1. The van der Waals surface area contributed by atoms with Gasteiger partial charge in [-0.15, -0.1) is 0 Å². The Bertz CT molecular complexity index is 644. The molecule has 2 aromatic rings. The Hall–Kier alpha value is -2.11. The summed E-state index contributed by atoms with van der Waals surface area (Å²) < 4.78 is 5.23. The summed E-state index contributed by atoms with van der Waals surface area (Å²) in [6, 6.07) is 18.8. The summed E-state index contributed by atoms with van der Waals surface area (Å²) in [4.78, 5) is 2.18. The first-order valence-corrected chi connectivity index (χ1v) is 8.87. The van der Waals surface area contributed by atoms with Gasteiger partial charge < -0.3 is 20.3 Å². The quantitative estimate of drug-likeness (QED) is 0.711. The highest BCUT2D eigenvalue weighted by molar-refractivity contribution is 7.80. The highest BCUT2D eigenvalue weighted by Crippen LogP contribution is 2.20. The molecule has 4 nitrogen and oxygen atoms in total. The third kappa shape index (κ3) is 6.36. The van der Waals surface area contributed by atoms with E-state index in [-0.39, 0.29) is 6.04 Å². The molecule has 2 aromatic carbocycles. The fraction of sp³-hybridized carbons (Fsp3) is 0.350. The van der Waals surface area contributed by atoms with Crippen LogP contribution in [-0.2, 0) is 6.42 Å². The Labute approximate surface area is 156 Å². The van der Waals surface area contributed by atoms with Gasteiger partial charge in [0, 0.05) is 13.1 Å². The zero-order valence-corrected chi connectivity index (χ0v) is 16.0. The van der Waals surface area contributed by atoms with Crippen LogP contribution in [0.3, 0.4) is 0 Å². The molecule has 0 bridgehead atoms. The molecule has 0 saturated heterocycles. The zero-order chi connectivity index (χ0) is 18.1. The van der Waals surface area contributed by atoms with Crippen LogP contribution < -0.4 is 15.4 Å². The van der Waals surface area contributed by atoms with Gasteiger partial charge in [-0.25, -0.2) is 0 Å². The number of benzene rings is 2. The predicted molar refractivity (Wildman–Crippen MR) is 108 cm³/mol. The molecule has 0 aliphatic rings. The summed E-state index contributed by atoms with van der Waals surface area (Å²) in [7, 11) is 5.82. The van der Waals surface area contributed by atoms with Crippen LogP contribution in [-0.4, -0.2) is 44.3 Å². The minimum atomic E-state index is 0.236. The first kappa shape index (κ1) is 19.2. The minimum Gasteiger partial charge on any atom is -0.497 e. The number of thiocarbonyl (C=S) groups is 1. The maximum Gasteiger partial charge on any atom is 0.166 e. The Morgan fingerprint density at radius 2 is 1.72 bits per heavy atom. The summed E-state index contributed by atoms with van der Waals surface area (Å²) >= 11 is 5.40. The average Bonchev–Trinajstić information content (AvgIpc) is 2.63. The molecule has 1 atom stereocenters. The molecule has 0 heterocycles. The highest BCUT2D eigenvalue weighted by Gasteiger charge is 2.14. The van der Waals surface area contributed by atoms with Crippen LogP contribution in [0.5, 0.6) is 5.75 Å². The Balaban J connectivity index is 1.80. The van der Waals surface area contributed by atoms with Crippen LogP contribution in [0.25, 0.3) is 0 Å². The lowest BCUT2D eigenvalue weighted by atomic mass is 10.1. The van der Waals surface area contributed by atoms with E-state index in [4.69, 9.17) is 17.0 Å². The second-order valence-electron chi connectivity index (χ2n) is 6.12. The molecule has 2 N–H and O–H groups in total. The Morgan fingerprint density at radius 3 is 2.32 bits per heavy atom. The SMILES string of the molecule is COc1ccc([C@@H](CNC(=S)NCCc2ccccc2)N(C)C)cc1. The first-order chi connectivity index (χ1) is 12.1. The van der Waals surface area contributed by atoms with E-state index in [1.54, 1.807) is 7.11 Å². The van der Waals surface area contributed by atoms with Gasteiger partial charge in [0.2, 0.25) is 0 Å². The lowest BCUT2D eigenvalue weighted by molar-refractivity contribution is 0.298. The van der Waals surface area contributed by atoms with Gasteiger partial charge in [0.25, 0.3) is 0 Å². The van der Waals surface area contributed by atoms with Crippen LogP contribution in [0.2, 0.25) is 0 Å². The lowest BCUT2D eigenvalue weighted by Gasteiger charge is -2.26. The molecule has 134 valence electrons. The van der Waals surface area contributed by atoms with Crippen molar-refractivity contribution in [3.05, 3.63) is 65.7 Å². The first-order valence-electron chi connectivity index (χ1n) is 8.46. The number of methoxy groups -OCH3 is 1. The molecule has 0 spiro atoms. The summed E-state index contributed by atoms with van der Waals surface area (Å²) in [5.41, 5.74) is 2.53. The van der Waals surface area contributed by atoms with Gasteiger partial charge >= 0.3 is 0 Å². The largest absolute Gasteiger partial charge is 0.497 e. The maximum atomic E-state index is 5.40. The van der Waals surface area contributed by atoms with Crippen molar-refractivity contribution in [1.29, 1.82) is 0 Å². The van der Waals surface area contributed by atoms with Crippen LogP contribution in [0.4, 0.5) is 0 Å². The van der Waals surface area contributed by atoms with Crippen molar-refractivity contribution in [1.82, 2.24) is 15.5 Å².